The van der Waals surface area contributed by atoms with Gasteiger partial charge in [-0.25, -0.2) is 4.98 Å². The van der Waals surface area contributed by atoms with E-state index in [2.05, 4.69) is 193 Å². The van der Waals surface area contributed by atoms with Gasteiger partial charge in [-0.15, -0.1) is 0 Å². The van der Waals surface area contributed by atoms with E-state index in [0.717, 1.165) is 39.2 Å². The van der Waals surface area contributed by atoms with Crippen LogP contribution in [0.2, 0.25) is 0 Å². The van der Waals surface area contributed by atoms with Crippen LogP contribution in [0.4, 0.5) is 0 Å². The third kappa shape index (κ3) is 5.13. The van der Waals surface area contributed by atoms with Crippen LogP contribution in [-0.2, 0) is 0 Å². The average Bonchev–Trinajstić information content (AvgIpc) is 3.65. The van der Waals surface area contributed by atoms with E-state index >= 15 is 0 Å². The van der Waals surface area contributed by atoms with Crippen LogP contribution in [-0.4, -0.2) is 14.5 Å². The van der Waals surface area contributed by atoms with E-state index < -0.39 is 0 Å². The summed E-state index contributed by atoms with van der Waals surface area (Å²) < 4.78 is 2.27. The van der Waals surface area contributed by atoms with Crippen LogP contribution in [0.25, 0.3) is 105 Å². The summed E-state index contributed by atoms with van der Waals surface area (Å²) in [5, 5.41) is 9.88. The van der Waals surface area contributed by atoms with Gasteiger partial charge in [0.05, 0.1) is 11.0 Å². The number of pyridine rings is 1. The fraction of sp³-hybridized carbons (Fsp3) is 0. The first-order chi connectivity index (χ1) is 27.3. The Morgan fingerprint density at radius 2 is 0.927 bits per heavy atom. The van der Waals surface area contributed by atoms with E-state index in [1.54, 1.807) is 0 Å². The number of aromatic nitrogens is 3. The highest BCUT2D eigenvalue weighted by Crippen LogP contribution is 2.44. The lowest BCUT2D eigenvalue weighted by Crippen LogP contribution is -1.98. The van der Waals surface area contributed by atoms with E-state index in [1.165, 1.54) is 65.3 Å². The van der Waals surface area contributed by atoms with Crippen LogP contribution in [0.15, 0.2) is 200 Å². The molecule has 2 aromatic heterocycles. The van der Waals surface area contributed by atoms with Crippen LogP contribution in [0.1, 0.15) is 0 Å². The maximum atomic E-state index is 5.20. The topological polar surface area (TPSA) is 30.7 Å². The van der Waals surface area contributed by atoms with Crippen molar-refractivity contribution < 1.29 is 0 Å². The molecule has 55 heavy (non-hydrogen) atoms. The molecule has 9 aromatic carbocycles. The molecule has 0 unspecified atom stereocenters. The van der Waals surface area contributed by atoms with Crippen molar-refractivity contribution in [3.05, 3.63) is 200 Å². The average molecular weight is 700 g/mol. The number of rotatable bonds is 5. The van der Waals surface area contributed by atoms with E-state index in [4.69, 9.17) is 9.97 Å². The second-order valence-corrected chi connectivity index (χ2v) is 14.2. The van der Waals surface area contributed by atoms with Crippen molar-refractivity contribution in [2.45, 2.75) is 0 Å². The van der Waals surface area contributed by atoms with E-state index in [1.807, 2.05) is 12.4 Å². The summed E-state index contributed by atoms with van der Waals surface area (Å²) in [6.45, 7) is 0. The van der Waals surface area contributed by atoms with Gasteiger partial charge in [-0.3, -0.25) is 9.55 Å². The van der Waals surface area contributed by atoms with Gasteiger partial charge in [-0.1, -0.05) is 152 Å². The maximum absolute atomic E-state index is 5.20. The number of imidazole rings is 1. The largest absolute Gasteiger partial charge is 0.292 e. The van der Waals surface area contributed by atoms with Crippen molar-refractivity contribution in [3.63, 3.8) is 0 Å². The van der Waals surface area contributed by atoms with Gasteiger partial charge in [-0.2, -0.15) is 0 Å². The Balaban J connectivity index is 1.07. The summed E-state index contributed by atoms with van der Waals surface area (Å²) in [4.78, 5) is 9.95. The van der Waals surface area contributed by atoms with Gasteiger partial charge in [-0.05, 0) is 107 Å². The molecule has 0 aliphatic heterocycles. The molecule has 3 nitrogen and oxygen atoms in total. The van der Waals surface area contributed by atoms with Gasteiger partial charge in [0.1, 0.15) is 5.82 Å². The standard InChI is InChI=1S/C52H33N3/c1-2-14-37-30-38(25-24-34(37)12-1)51-46-19-7-5-17-44(46)50(45-18-6-8-20-47(45)51)36-26-28-41(29-27-36)55-49-23-10-9-22-48(49)54-52(55)40-31-39(32-53-33-40)43-21-11-15-35-13-3-4-16-42(35)43/h1-33H. The van der Waals surface area contributed by atoms with Crippen molar-refractivity contribution in [1.82, 2.24) is 14.5 Å². The lowest BCUT2D eigenvalue weighted by atomic mass is 9.85. The second kappa shape index (κ2) is 12.6. The highest BCUT2D eigenvalue weighted by atomic mass is 15.1. The zero-order valence-corrected chi connectivity index (χ0v) is 29.9. The lowest BCUT2D eigenvalue weighted by molar-refractivity contribution is 1.10. The molecule has 0 saturated carbocycles. The minimum Gasteiger partial charge on any atom is -0.292 e. The Morgan fingerprint density at radius 1 is 0.364 bits per heavy atom. The van der Waals surface area contributed by atoms with Crippen LogP contribution in [0.5, 0.6) is 0 Å². The molecule has 0 saturated heterocycles. The summed E-state index contributed by atoms with van der Waals surface area (Å²) in [5.74, 6) is 0.860. The predicted octanol–water partition coefficient (Wildman–Crippen LogP) is 13.7. The minimum absolute atomic E-state index is 0.860. The number of hydrogen-bond donors (Lipinski definition) is 0. The van der Waals surface area contributed by atoms with Gasteiger partial charge in [0.15, 0.2) is 0 Å². The highest BCUT2D eigenvalue weighted by Gasteiger charge is 2.19. The van der Waals surface area contributed by atoms with Crippen molar-refractivity contribution in [2.75, 3.05) is 0 Å². The third-order valence-corrected chi connectivity index (χ3v) is 11.0. The molecule has 0 N–H and O–H groups in total. The van der Waals surface area contributed by atoms with Gasteiger partial charge in [0, 0.05) is 29.2 Å². The quantitative estimate of drug-likeness (QED) is 0.167. The van der Waals surface area contributed by atoms with Crippen molar-refractivity contribution in [2.24, 2.45) is 0 Å². The van der Waals surface area contributed by atoms with Gasteiger partial charge < -0.3 is 0 Å². The number of benzene rings is 9. The molecule has 2 heterocycles. The summed E-state index contributed by atoms with van der Waals surface area (Å²) in [6.07, 6.45) is 3.88. The second-order valence-electron chi connectivity index (χ2n) is 14.2. The molecule has 0 fully saturated rings. The van der Waals surface area contributed by atoms with Crippen LogP contribution < -0.4 is 0 Å². The molecule has 0 radical (unpaired) electrons. The number of hydrogen-bond acceptors (Lipinski definition) is 2. The van der Waals surface area contributed by atoms with Crippen molar-refractivity contribution in [3.8, 4) is 50.5 Å². The van der Waals surface area contributed by atoms with Gasteiger partial charge >= 0.3 is 0 Å². The molecule has 256 valence electrons. The van der Waals surface area contributed by atoms with Gasteiger partial charge in [0.2, 0.25) is 0 Å². The van der Waals surface area contributed by atoms with E-state index in [9.17, 15) is 0 Å². The molecule has 0 aliphatic carbocycles. The van der Waals surface area contributed by atoms with E-state index in [-0.39, 0.29) is 0 Å². The Morgan fingerprint density at radius 3 is 1.67 bits per heavy atom. The first-order valence-electron chi connectivity index (χ1n) is 18.7. The monoisotopic (exact) mass is 699 g/mol. The molecule has 11 rings (SSSR count). The highest BCUT2D eigenvalue weighted by molar-refractivity contribution is 6.21. The molecule has 0 amide bonds. The minimum atomic E-state index is 0.860. The van der Waals surface area contributed by atoms with Crippen molar-refractivity contribution >= 4 is 54.1 Å². The fourth-order valence-electron chi connectivity index (χ4n) is 8.54. The molecule has 0 aliphatic rings. The maximum Gasteiger partial charge on any atom is 0.147 e. The van der Waals surface area contributed by atoms with Gasteiger partial charge in [0.25, 0.3) is 0 Å². The molecule has 11 aromatic rings. The predicted molar refractivity (Wildman–Crippen MR) is 231 cm³/mol. The van der Waals surface area contributed by atoms with Crippen LogP contribution in [0.3, 0.4) is 0 Å². The Labute approximate surface area is 318 Å². The lowest BCUT2D eigenvalue weighted by Gasteiger charge is -2.18. The molecule has 0 atom stereocenters. The molecular formula is C52H33N3. The third-order valence-electron chi connectivity index (χ3n) is 11.0. The van der Waals surface area contributed by atoms with Crippen LogP contribution in [0, 0.1) is 0 Å². The zero-order valence-electron chi connectivity index (χ0n) is 29.9. The Kier molecular flexibility index (Phi) is 7.17. The number of nitrogens with zero attached hydrogens (tertiary/aromatic N) is 3. The normalized spacial score (nSPS) is 11.6. The first-order valence-corrected chi connectivity index (χ1v) is 18.7. The summed E-state index contributed by atoms with van der Waals surface area (Å²) in [6, 6.07) is 67.7. The van der Waals surface area contributed by atoms with Crippen LogP contribution >= 0.6 is 0 Å². The fourth-order valence-corrected chi connectivity index (χ4v) is 8.54. The Bertz CT molecular complexity index is 3200. The number of para-hydroxylation sites is 2. The summed E-state index contributed by atoms with van der Waals surface area (Å²) >= 11 is 0. The molecule has 0 bridgehead atoms. The Hall–Kier alpha value is -7.36. The smallest absolute Gasteiger partial charge is 0.147 e. The number of fused-ring (bicyclic) bond motifs is 5. The van der Waals surface area contributed by atoms with E-state index in [0.29, 0.717) is 0 Å². The summed E-state index contributed by atoms with van der Waals surface area (Å²) in [7, 11) is 0. The zero-order chi connectivity index (χ0) is 36.3. The SMILES string of the molecule is c1ccc2cc(-c3c4ccccc4c(-c4ccc(-n5c(-c6cncc(-c7cccc8ccccc78)c6)nc6ccccc65)cc4)c4ccccc34)ccc2c1. The molecule has 0 spiro atoms. The van der Waals surface area contributed by atoms with Crippen molar-refractivity contribution in [1.29, 1.82) is 0 Å². The molecule has 3 heteroatoms. The first kappa shape index (κ1) is 31.2. The summed E-state index contributed by atoms with van der Waals surface area (Å²) in [5.41, 5.74) is 11.1. The molecular weight excluding hydrogens is 667 g/mol.